The predicted octanol–water partition coefficient (Wildman–Crippen LogP) is 0.379. The molecule has 1 aliphatic rings. The number of amides is 1. The molecule has 1 amide bonds. The highest BCUT2D eigenvalue weighted by Crippen LogP contribution is 2.25. The Bertz CT molecular complexity index is 529. The van der Waals surface area contributed by atoms with Crippen LogP contribution in [0.15, 0.2) is 18.5 Å². The number of pyridine rings is 1. The molecule has 0 bridgehead atoms. The van der Waals surface area contributed by atoms with E-state index in [1.807, 2.05) is 0 Å². The van der Waals surface area contributed by atoms with Gasteiger partial charge in [0.2, 0.25) is 0 Å². The van der Waals surface area contributed by atoms with Crippen LogP contribution in [0.1, 0.15) is 35.2 Å². The lowest BCUT2D eigenvalue weighted by molar-refractivity contribution is 0.0525. The number of hydrogen-bond donors (Lipinski definition) is 2. The number of hydrogen-bond acceptors (Lipinski definition) is 4. The van der Waals surface area contributed by atoms with Crippen molar-refractivity contribution >= 4 is 5.91 Å². The smallest absolute Gasteiger partial charge is 0.255 e. The molecule has 0 saturated heterocycles. The number of rotatable bonds is 4. The average molecular weight is 273 g/mol. The number of carbonyl (C=O) groups is 1. The summed E-state index contributed by atoms with van der Waals surface area (Å²) in [5.74, 6) is 5.52. The van der Waals surface area contributed by atoms with Crippen molar-refractivity contribution in [2.45, 2.75) is 25.3 Å². The van der Waals surface area contributed by atoms with Crippen LogP contribution in [0.5, 0.6) is 0 Å². The summed E-state index contributed by atoms with van der Waals surface area (Å²) in [6.07, 6.45) is 6.30. The van der Waals surface area contributed by atoms with Crippen molar-refractivity contribution in [1.29, 1.82) is 0 Å². The summed E-state index contributed by atoms with van der Waals surface area (Å²) in [7, 11) is 0. The van der Waals surface area contributed by atoms with E-state index < -0.39 is 0 Å². The van der Waals surface area contributed by atoms with Gasteiger partial charge >= 0.3 is 0 Å². The van der Waals surface area contributed by atoms with Crippen molar-refractivity contribution in [2.75, 3.05) is 19.7 Å². The Balaban J connectivity index is 2.17. The summed E-state index contributed by atoms with van der Waals surface area (Å²) in [6, 6.07) is 1.97. The number of aromatic nitrogens is 1. The maximum absolute atomic E-state index is 12.5. The van der Waals surface area contributed by atoms with E-state index in [0.717, 1.165) is 19.3 Å². The van der Waals surface area contributed by atoms with E-state index in [4.69, 9.17) is 10.8 Å². The quantitative estimate of drug-likeness (QED) is 0.777. The first kappa shape index (κ1) is 14.5. The van der Waals surface area contributed by atoms with Gasteiger partial charge in [-0.1, -0.05) is 11.8 Å². The number of aliphatic hydroxyl groups excluding tert-OH is 1. The molecule has 1 aromatic rings. The Hall–Kier alpha value is -1.90. The molecule has 1 fully saturated rings. The first-order valence-electron chi connectivity index (χ1n) is 6.82. The molecule has 0 aliphatic heterocycles. The summed E-state index contributed by atoms with van der Waals surface area (Å²) >= 11 is 0. The highest BCUT2D eigenvalue weighted by atomic mass is 16.3. The van der Waals surface area contributed by atoms with Gasteiger partial charge in [-0.15, -0.1) is 0 Å². The lowest BCUT2D eigenvalue weighted by atomic mass is 9.91. The lowest BCUT2D eigenvalue weighted by Crippen LogP contribution is -2.45. The molecule has 1 saturated carbocycles. The van der Waals surface area contributed by atoms with Gasteiger partial charge in [0.15, 0.2) is 0 Å². The highest BCUT2D eigenvalue weighted by molar-refractivity contribution is 5.94. The fourth-order valence-corrected chi connectivity index (χ4v) is 2.20. The van der Waals surface area contributed by atoms with Gasteiger partial charge < -0.3 is 15.7 Å². The van der Waals surface area contributed by atoms with Crippen LogP contribution in [0.4, 0.5) is 0 Å². The molecule has 106 valence electrons. The first-order valence-corrected chi connectivity index (χ1v) is 6.82. The molecule has 5 nitrogen and oxygen atoms in total. The molecule has 0 radical (unpaired) electrons. The molecule has 1 heterocycles. The predicted molar refractivity (Wildman–Crippen MR) is 75.9 cm³/mol. The summed E-state index contributed by atoms with van der Waals surface area (Å²) in [6.45, 7) is 0.613. The topological polar surface area (TPSA) is 79.5 Å². The molecule has 1 aliphatic carbocycles. The van der Waals surface area contributed by atoms with E-state index in [1.54, 1.807) is 23.4 Å². The molecular formula is C15H19N3O2. The van der Waals surface area contributed by atoms with Crippen LogP contribution in [-0.4, -0.2) is 46.6 Å². The normalized spacial score (nSPS) is 14.1. The van der Waals surface area contributed by atoms with Gasteiger partial charge in [0, 0.05) is 30.5 Å². The second-order valence-electron chi connectivity index (χ2n) is 4.78. The third-order valence-corrected chi connectivity index (χ3v) is 3.44. The average Bonchev–Trinajstić information content (AvgIpc) is 2.42. The minimum Gasteiger partial charge on any atom is -0.395 e. The van der Waals surface area contributed by atoms with Crippen molar-refractivity contribution in [2.24, 2.45) is 5.73 Å². The third kappa shape index (κ3) is 3.35. The molecule has 20 heavy (non-hydrogen) atoms. The van der Waals surface area contributed by atoms with Gasteiger partial charge in [0.1, 0.15) is 0 Å². The summed E-state index contributed by atoms with van der Waals surface area (Å²) in [4.78, 5) is 18.3. The van der Waals surface area contributed by atoms with Crippen LogP contribution in [0.2, 0.25) is 0 Å². The van der Waals surface area contributed by atoms with Crippen molar-refractivity contribution < 1.29 is 9.90 Å². The third-order valence-electron chi connectivity index (χ3n) is 3.44. The van der Waals surface area contributed by atoms with Crippen molar-refractivity contribution in [3.8, 4) is 11.8 Å². The molecule has 2 rings (SSSR count). The van der Waals surface area contributed by atoms with Gasteiger partial charge in [0.05, 0.1) is 18.7 Å². The van der Waals surface area contributed by atoms with Crippen LogP contribution in [0.3, 0.4) is 0 Å². The summed E-state index contributed by atoms with van der Waals surface area (Å²) in [5, 5.41) is 9.13. The van der Waals surface area contributed by atoms with Crippen LogP contribution < -0.4 is 5.73 Å². The largest absolute Gasteiger partial charge is 0.395 e. The molecule has 5 heteroatoms. The first-order chi connectivity index (χ1) is 9.76. The Kier molecular flexibility index (Phi) is 5.10. The van der Waals surface area contributed by atoms with Gasteiger partial charge in [-0.05, 0) is 25.3 Å². The zero-order valence-electron chi connectivity index (χ0n) is 11.4. The van der Waals surface area contributed by atoms with Crippen LogP contribution in [0.25, 0.3) is 0 Å². The Morgan fingerprint density at radius 1 is 1.50 bits per heavy atom. The summed E-state index contributed by atoms with van der Waals surface area (Å²) < 4.78 is 0. The fraction of sp³-hybridized carbons (Fsp3) is 0.467. The van der Waals surface area contributed by atoms with E-state index in [9.17, 15) is 4.79 Å². The van der Waals surface area contributed by atoms with Crippen LogP contribution in [-0.2, 0) is 0 Å². The molecular weight excluding hydrogens is 254 g/mol. The molecule has 0 spiro atoms. The SMILES string of the molecule is NCC#Cc1cncc(C(=O)N(CCO)C2CCC2)c1. The van der Waals surface area contributed by atoms with Crippen molar-refractivity contribution in [3.05, 3.63) is 29.6 Å². The summed E-state index contributed by atoms with van der Waals surface area (Å²) in [5.41, 5.74) is 6.52. The van der Waals surface area contributed by atoms with Gasteiger partial charge in [-0.3, -0.25) is 9.78 Å². The molecule has 0 atom stereocenters. The van der Waals surface area contributed by atoms with E-state index in [0.29, 0.717) is 17.7 Å². The maximum atomic E-state index is 12.5. The molecule has 1 aromatic heterocycles. The minimum atomic E-state index is -0.0901. The molecule has 0 aromatic carbocycles. The molecule has 3 N–H and O–H groups in total. The van der Waals surface area contributed by atoms with Crippen molar-refractivity contribution in [3.63, 3.8) is 0 Å². The van der Waals surface area contributed by atoms with Gasteiger partial charge in [-0.25, -0.2) is 0 Å². The van der Waals surface area contributed by atoms with E-state index >= 15 is 0 Å². The van der Waals surface area contributed by atoms with E-state index in [2.05, 4.69) is 16.8 Å². The monoisotopic (exact) mass is 273 g/mol. The second-order valence-corrected chi connectivity index (χ2v) is 4.78. The maximum Gasteiger partial charge on any atom is 0.255 e. The number of nitrogens with zero attached hydrogens (tertiary/aromatic N) is 2. The Morgan fingerprint density at radius 2 is 2.30 bits per heavy atom. The minimum absolute atomic E-state index is 0.0255. The van der Waals surface area contributed by atoms with Gasteiger partial charge in [-0.2, -0.15) is 0 Å². The Labute approximate surface area is 118 Å². The van der Waals surface area contributed by atoms with Crippen LogP contribution >= 0.6 is 0 Å². The lowest BCUT2D eigenvalue weighted by Gasteiger charge is -2.37. The Morgan fingerprint density at radius 3 is 2.90 bits per heavy atom. The fourth-order valence-electron chi connectivity index (χ4n) is 2.20. The zero-order chi connectivity index (χ0) is 14.4. The zero-order valence-corrected chi connectivity index (χ0v) is 11.4. The number of carbonyl (C=O) groups excluding carboxylic acids is 1. The molecule has 0 unspecified atom stereocenters. The highest BCUT2D eigenvalue weighted by Gasteiger charge is 2.29. The number of aliphatic hydroxyl groups is 1. The van der Waals surface area contributed by atoms with Gasteiger partial charge in [0.25, 0.3) is 5.91 Å². The van der Waals surface area contributed by atoms with Crippen LogP contribution in [0, 0.1) is 11.8 Å². The van der Waals surface area contributed by atoms with E-state index in [1.165, 1.54) is 0 Å². The van der Waals surface area contributed by atoms with Crippen molar-refractivity contribution in [1.82, 2.24) is 9.88 Å². The second kappa shape index (κ2) is 7.04. The number of nitrogens with two attached hydrogens (primary N) is 1. The standard InChI is InChI=1S/C15H19N3O2/c16-6-2-3-12-9-13(11-17-10-12)15(20)18(7-8-19)14-4-1-5-14/h9-11,14,19H,1,4-8,16H2. The van der Waals surface area contributed by atoms with E-state index in [-0.39, 0.29) is 25.1 Å².